The number of rotatable bonds is 2. The number of nitrogens with one attached hydrogen (secondary N) is 1. The van der Waals surface area contributed by atoms with Gasteiger partial charge in [0.25, 0.3) is 5.56 Å². The summed E-state index contributed by atoms with van der Waals surface area (Å²) < 4.78 is 0. The summed E-state index contributed by atoms with van der Waals surface area (Å²) in [6.45, 7) is 1.87. The molecule has 0 bridgehead atoms. The maximum atomic E-state index is 12.5. The Bertz CT molecular complexity index is 874. The monoisotopic (exact) mass is 356 g/mol. The third-order valence-electron chi connectivity index (χ3n) is 5.97. The molecule has 5 rings (SSSR count). The fourth-order valence-corrected chi connectivity index (χ4v) is 4.61. The quantitative estimate of drug-likeness (QED) is 0.897. The number of piperidine rings is 1. The molecule has 1 spiro atoms. The zero-order valence-electron chi connectivity index (χ0n) is 14.1. The first-order valence-electron chi connectivity index (χ1n) is 9.15. The van der Waals surface area contributed by atoms with E-state index >= 15 is 0 Å². The normalized spacial score (nSPS) is 25.4. The van der Waals surface area contributed by atoms with E-state index in [2.05, 4.69) is 14.9 Å². The molecule has 1 N–H and O–H groups in total. The van der Waals surface area contributed by atoms with Crippen LogP contribution >= 0.6 is 11.6 Å². The van der Waals surface area contributed by atoms with E-state index in [9.17, 15) is 4.79 Å². The summed E-state index contributed by atoms with van der Waals surface area (Å²) >= 11 is 5.98. The van der Waals surface area contributed by atoms with Gasteiger partial charge in [0.15, 0.2) is 0 Å². The lowest BCUT2D eigenvalue weighted by Gasteiger charge is -2.41. The standard InChI is InChI=1S/C19H21ClN4O/c20-13-4-5-15(21-10-13)24-9-1-7-19(11-24)8-6-14-16(19)22-17(12-2-3-12)23-18(14)25/h4-5,10,12H,1-3,6-9,11H2,(H,22,23,25). The van der Waals surface area contributed by atoms with Crippen LogP contribution in [-0.4, -0.2) is 28.0 Å². The third-order valence-corrected chi connectivity index (χ3v) is 6.19. The number of fused-ring (bicyclic) bond motifs is 2. The van der Waals surface area contributed by atoms with Gasteiger partial charge in [0, 0.05) is 36.2 Å². The number of halogens is 1. The Hall–Kier alpha value is -1.88. The highest BCUT2D eigenvalue weighted by molar-refractivity contribution is 6.30. The van der Waals surface area contributed by atoms with Crippen molar-refractivity contribution in [1.82, 2.24) is 15.0 Å². The van der Waals surface area contributed by atoms with Crippen molar-refractivity contribution >= 4 is 17.4 Å². The van der Waals surface area contributed by atoms with E-state index in [0.29, 0.717) is 10.9 Å². The van der Waals surface area contributed by atoms with Gasteiger partial charge in [-0.1, -0.05) is 11.6 Å². The minimum Gasteiger partial charge on any atom is -0.356 e. The van der Waals surface area contributed by atoms with Gasteiger partial charge in [0.05, 0.1) is 10.7 Å². The molecule has 1 unspecified atom stereocenters. The molecule has 1 saturated heterocycles. The largest absolute Gasteiger partial charge is 0.356 e. The summed E-state index contributed by atoms with van der Waals surface area (Å²) in [6, 6.07) is 3.87. The van der Waals surface area contributed by atoms with Crippen molar-refractivity contribution in [3.05, 3.63) is 50.8 Å². The number of H-pyrrole nitrogens is 1. The number of anilines is 1. The summed E-state index contributed by atoms with van der Waals surface area (Å²) in [6.07, 6.45) is 8.04. The second-order valence-electron chi connectivity index (χ2n) is 7.69. The Balaban J connectivity index is 1.52. The van der Waals surface area contributed by atoms with Crippen LogP contribution in [0.3, 0.4) is 0 Å². The molecule has 3 heterocycles. The van der Waals surface area contributed by atoms with E-state index < -0.39 is 0 Å². The summed E-state index contributed by atoms with van der Waals surface area (Å²) in [5, 5.41) is 0.656. The van der Waals surface area contributed by atoms with Gasteiger partial charge >= 0.3 is 0 Å². The van der Waals surface area contributed by atoms with Crippen LogP contribution in [0, 0.1) is 0 Å². The first kappa shape index (κ1) is 15.4. The van der Waals surface area contributed by atoms with Crippen LogP contribution in [0.2, 0.25) is 5.02 Å². The van der Waals surface area contributed by atoms with Crippen LogP contribution in [0.1, 0.15) is 55.1 Å². The predicted octanol–water partition coefficient (Wildman–Crippen LogP) is 3.18. The maximum Gasteiger partial charge on any atom is 0.254 e. The SMILES string of the molecule is O=c1[nH]c(C2CC2)nc2c1CCC21CCCN(c2ccc(Cl)cn2)C1. The van der Waals surface area contributed by atoms with Crippen molar-refractivity contribution in [3.8, 4) is 0 Å². The molecule has 2 aliphatic carbocycles. The van der Waals surface area contributed by atoms with Gasteiger partial charge in [-0.05, 0) is 50.7 Å². The Morgan fingerprint density at radius 2 is 2.16 bits per heavy atom. The molecule has 1 saturated carbocycles. The predicted molar refractivity (Wildman–Crippen MR) is 97.5 cm³/mol. The average Bonchev–Trinajstić information content (AvgIpc) is 3.41. The molecule has 2 aromatic rings. The van der Waals surface area contributed by atoms with E-state index in [1.165, 1.54) is 0 Å². The summed E-state index contributed by atoms with van der Waals surface area (Å²) in [7, 11) is 0. The molecule has 2 aromatic heterocycles. The molecule has 6 heteroatoms. The zero-order chi connectivity index (χ0) is 17.0. The summed E-state index contributed by atoms with van der Waals surface area (Å²) in [4.78, 5) is 27.4. The molecule has 2 fully saturated rings. The number of aromatic nitrogens is 3. The van der Waals surface area contributed by atoms with Gasteiger partial charge in [-0.25, -0.2) is 9.97 Å². The Morgan fingerprint density at radius 3 is 2.92 bits per heavy atom. The van der Waals surface area contributed by atoms with E-state index in [0.717, 1.165) is 74.5 Å². The van der Waals surface area contributed by atoms with Crippen molar-refractivity contribution in [2.45, 2.75) is 49.9 Å². The highest BCUT2D eigenvalue weighted by atomic mass is 35.5. The van der Waals surface area contributed by atoms with Gasteiger partial charge in [-0.2, -0.15) is 0 Å². The molecule has 0 radical (unpaired) electrons. The Morgan fingerprint density at radius 1 is 1.28 bits per heavy atom. The van der Waals surface area contributed by atoms with Crippen LogP contribution in [0.5, 0.6) is 0 Å². The molecule has 0 amide bonds. The fraction of sp³-hybridized carbons (Fsp3) is 0.526. The van der Waals surface area contributed by atoms with E-state index in [4.69, 9.17) is 16.6 Å². The minimum absolute atomic E-state index is 0.00714. The zero-order valence-corrected chi connectivity index (χ0v) is 14.9. The highest BCUT2D eigenvalue weighted by Gasteiger charge is 2.45. The van der Waals surface area contributed by atoms with Gasteiger partial charge in [0.2, 0.25) is 0 Å². The van der Waals surface area contributed by atoms with Crippen LogP contribution in [0.25, 0.3) is 0 Å². The van der Waals surface area contributed by atoms with Crippen molar-refractivity contribution in [3.63, 3.8) is 0 Å². The van der Waals surface area contributed by atoms with E-state index in [-0.39, 0.29) is 11.0 Å². The second-order valence-corrected chi connectivity index (χ2v) is 8.13. The van der Waals surface area contributed by atoms with Gasteiger partial charge in [-0.3, -0.25) is 4.79 Å². The van der Waals surface area contributed by atoms with Crippen molar-refractivity contribution in [1.29, 1.82) is 0 Å². The number of nitrogens with zero attached hydrogens (tertiary/aromatic N) is 3. The Kier molecular flexibility index (Phi) is 3.42. The molecule has 1 atom stereocenters. The fourth-order valence-electron chi connectivity index (χ4n) is 4.50. The van der Waals surface area contributed by atoms with Crippen molar-refractivity contribution in [2.24, 2.45) is 0 Å². The van der Waals surface area contributed by atoms with Crippen LogP contribution in [0.4, 0.5) is 5.82 Å². The Labute approximate surface area is 151 Å². The molecule has 25 heavy (non-hydrogen) atoms. The first-order valence-corrected chi connectivity index (χ1v) is 9.52. The molecule has 5 nitrogen and oxygen atoms in total. The van der Waals surface area contributed by atoms with Gasteiger partial charge in [-0.15, -0.1) is 0 Å². The van der Waals surface area contributed by atoms with E-state index in [1.54, 1.807) is 6.20 Å². The van der Waals surface area contributed by atoms with Crippen LogP contribution < -0.4 is 10.5 Å². The average molecular weight is 357 g/mol. The lowest BCUT2D eigenvalue weighted by atomic mass is 9.77. The van der Waals surface area contributed by atoms with Crippen LogP contribution in [-0.2, 0) is 11.8 Å². The van der Waals surface area contributed by atoms with Gasteiger partial charge < -0.3 is 9.88 Å². The second kappa shape index (κ2) is 5.56. The smallest absolute Gasteiger partial charge is 0.254 e. The number of hydrogen-bond donors (Lipinski definition) is 1. The summed E-state index contributed by atoms with van der Waals surface area (Å²) in [5.41, 5.74) is 2.06. The molecule has 1 aliphatic heterocycles. The molecule has 130 valence electrons. The number of hydrogen-bond acceptors (Lipinski definition) is 4. The number of pyridine rings is 1. The highest BCUT2D eigenvalue weighted by Crippen LogP contribution is 2.45. The maximum absolute atomic E-state index is 12.5. The number of aromatic amines is 1. The topological polar surface area (TPSA) is 61.9 Å². The minimum atomic E-state index is -0.00714. The lowest BCUT2D eigenvalue weighted by Crippen LogP contribution is -2.46. The van der Waals surface area contributed by atoms with E-state index in [1.807, 2.05) is 12.1 Å². The van der Waals surface area contributed by atoms with Crippen LogP contribution in [0.15, 0.2) is 23.1 Å². The first-order chi connectivity index (χ1) is 12.1. The lowest BCUT2D eigenvalue weighted by molar-refractivity contribution is 0.332. The van der Waals surface area contributed by atoms with Gasteiger partial charge in [0.1, 0.15) is 11.6 Å². The third kappa shape index (κ3) is 2.56. The summed E-state index contributed by atoms with van der Waals surface area (Å²) in [5.74, 6) is 2.34. The molecule has 3 aliphatic rings. The molecular weight excluding hydrogens is 336 g/mol. The molecular formula is C19H21ClN4O. The van der Waals surface area contributed by atoms with Crippen molar-refractivity contribution < 1.29 is 0 Å². The van der Waals surface area contributed by atoms with Crippen molar-refractivity contribution in [2.75, 3.05) is 18.0 Å². The molecule has 0 aromatic carbocycles.